The van der Waals surface area contributed by atoms with Crippen LogP contribution in [0.3, 0.4) is 0 Å². The third kappa shape index (κ3) is 4.06. The molecule has 1 aliphatic rings. The van der Waals surface area contributed by atoms with Crippen molar-refractivity contribution in [3.05, 3.63) is 42.4 Å². The largest absolute Gasteiger partial charge is 0.464 e. The average molecular weight is 346 g/mol. The van der Waals surface area contributed by atoms with Gasteiger partial charge in [0.25, 0.3) is 0 Å². The number of amides is 2. The number of rotatable bonds is 3. The molecule has 0 aliphatic heterocycles. The highest BCUT2D eigenvalue weighted by Crippen LogP contribution is 2.25. The number of furan rings is 1. The average Bonchev–Trinajstić information content (AvgIpc) is 3.13. The molecule has 6 nitrogen and oxygen atoms in total. The molecule has 1 aromatic carbocycles. The van der Waals surface area contributed by atoms with Gasteiger partial charge >= 0.3 is 11.8 Å². The first kappa shape index (κ1) is 17.2. The van der Waals surface area contributed by atoms with Crippen molar-refractivity contribution in [2.75, 3.05) is 5.32 Å². The molecule has 1 heterocycles. The second-order valence-corrected chi connectivity index (χ2v) is 6.06. The van der Waals surface area contributed by atoms with Crippen LogP contribution in [0.15, 0.2) is 41.0 Å². The zero-order chi connectivity index (χ0) is 17.8. The Hall–Kier alpha value is -2.67. The molecule has 1 aromatic heterocycles. The number of benzene rings is 1. The highest BCUT2D eigenvalue weighted by molar-refractivity contribution is 6.39. The van der Waals surface area contributed by atoms with Crippen molar-refractivity contribution in [3.63, 3.8) is 0 Å². The first-order valence-corrected chi connectivity index (χ1v) is 8.18. The van der Waals surface area contributed by atoms with Crippen molar-refractivity contribution in [2.24, 2.45) is 0 Å². The van der Waals surface area contributed by atoms with E-state index in [0.717, 1.165) is 12.8 Å². The van der Waals surface area contributed by atoms with Crippen molar-refractivity contribution in [2.45, 2.75) is 37.8 Å². The molecule has 3 rings (SSSR count). The molecule has 132 valence electrons. The van der Waals surface area contributed by atoms with Crippen LogP contribution in [0.1, 0.15) is 25.7 Å². The van der Waals surface area contributed by atoms with Crippen molar-refractivity contribution in [1.29, 1.82) is 0 Å². The number of carbonyl (C=O) groups is 2. The quantitative estimate of drug-likeness (QED) is 0.745. The van der Waals surface area contributed by atoms with E-state index in [1.165, 1.54) is 24.5 Å². The number of anilines is 1. The van der Waals surface area contributed by atoms with Crippen LogP contribution in [0.25, 0.3) is 11.3 Å². The lowest BCUT2D eigenvalue weighted by atomic mass is 9.92. The fourth-order valence-corrected chi connectivity index (χ4v) is 2.91. The topological polar surface area (TPSA) is 91.6 Å². The molecule has 0 saturated heterocycles. The fourth-order valence-electron chi connectivity index (χ4n) is 2.91. The van der Waals surface area contributed by atoms with E-state index in [-0.39, 0.29) is 5.69 Å². The van der Waals surface area contributed by atoms with Gasteiger partial charge in [-0.2, -0.15) is 0 Å². The number of carbonyl (C=O) groups excluding carboxylic acids is 2. The Morgan fingerprint density at radius 2 is 1.96 bits per heavy atom. The van der Waals surface area contributed by atoms with Gasteiger partial charge in [-0.05, 0) is 43.2 Å². The SMILES string of the molecule is O=C(Nc1cc(-c2ccco2)ccc1F)C(=O)NC1CCCCC1O. The molecule has 2 unspecified atom stereocenters. The Labute approximate surface area is 144 Å². The van der Waals surface area contributed by atoms with Crippen molar-refractivity contribution in [3.8, 4) is 11.3 Å². The summed E-state index contributed by atoms with van der Waals surface area (Å²) in [6.45, 7) is 0. The molecule has 3 N–H and O–H groups in total. The maximum absolute atomic E-state index is 13.9. The van der Waals surface area contributed by atoms with Crippen LogP contribution in [0.4, 0.5) is 10.1 Å². The van der Waals surface area contributed by atoms with Gasteiger partial charge in [0.1, 0.15) is 11.6 Å². The smallest absolute Gasteiger partial charge is 0.313 e. The Bertz CT molecular complexity index is 760. The summed E-state index contributed by atoms with van der Waals surface area (Å²) in [5, 5.41) is 14.6. The van der Waals surface area contributed by atoms with E-state index in [1.807, 2.05) is 0 Å². The van der Waals surface area contributed by atoms with Crippen LogP contribution in [-0.2, 0) is 9.59 Å². The zero-order valence-corrected chi connectivity index (χ0v) is 13.5. The Morgan fingerprint density at radius 3 is 2.68 bits per heavy atom. The fraction of sp³-hybridized carbons (Fsp3) is 0.333. The zero-order valence-electron chi connectivity index (χ0n) is 13.5. The molecule has 2 amide bonds. The van der Waals surface area contributed by atoms with Gasteiger partial charge in [-0.1, -0.05) is 12.8 Å². The Kier molecular flexibility index (Phi) is 5.14. The minimum absolute atomic E-state index is 0.113. The van der Waals surface area contributed by atoms with Crippen molar-refractivity contribution >= 4 is 17.5 Å². The standard InChI is InChI=1S/C18H19FN2O4/c19-12-8-7-11(16-6-3-9-25-16)10-14(12)21-18(24)17(23)20-13-4-1-2-5-15(13)22/h3,6-10,13,15,22H,1-2,4-5H2,(H,20,23)(H,21,24). The van der Waals surface area contributed by atoms with E-state index in [2.05, 4.69) is 10.6 Å². The lowest BCUT2D eigenvalue weighted by molar-refractivity contribution is -0.137. The highest BCUT2D eigenvalue weighted by atomic mass is 19.1. The van der Waals surface area contributed by atoms with Crippen LogP contribution >= 0.6 is 0 Å². The molecule has 0 spiro atoms. The molecule has 7 heteroatoms. The van der Waals surface area contributed by atoms with Gasteiger partial charge in [-0.25, -0.2) is 4.39 Å². The number of aliphatic hydroxyl groups is 1. The first-order chi connectivity index (χ1) is 12.0. The van der Waals surface area contributed by atoms with Gasteiger partial charge in [0.05, 0.1) is 24.1 Å². The molecule has 2 atom stereocenters. The predicted molar refractivity (Wildman–Crippen MR) is 89.1 cm³/mol. The monoisotopic (exact) mass is 346 g/mol. The van der Waals surface area contributed by atoms with E-state index in [9.17, 15) is 19.1 Å². The van der Waals surface area contributed by atoms with Gasteiger partial charge < -0.3 is 20.2 Å². The summed E-state index contributed by atoms with van der Waals surface area (Å²) in [5.74, 6) is -2.01. The molecule has 1 fully saturated rings. The summed E-state index contributed by atoms with van der Waals surface area (Å²) >= 11 is 0. The molecule has 0 bridgehead atoms. The highest BCUT2D eigenvalue weighted by Gasteiger charge is 2.27. The number of hydrogen-bond acceptors (Lipinski definition) is 4. The minimum Gasteiger partial charge on any atom is -0.464 e. The number of hydrogen-bond donors (Lipinski definition) is 3. The predicted octanol–water partition coefficient (Wildman–Crippen LogP) is 2.44. The second kappa shape index (κ2) is 7.48. The third-order valence-corrected chi connectivity index (χ3v) is 4.27. The third-order valence-electron chi connectivity index (χ3n) is 4.27. The van der Waals surface area contributed by atoms with E-state index in [1.54, 1.807) is 12.1 Å². The Morgan fingerprint density at radius 1 is 1.16 bits per heavy atom. The van der Waals surface area contributed by atoms with Gasteiger partial charge in [-0.15, -0.1) is 0 Å². The van der Waals surface area contributed by atoms with E-state index < -0.39 is 29.8 Å². The molecule has 1 aliphatic carbocycles. The molecule has 25 heavy (non-hydrogen) atoms. The number of nitrogens with one attached hydrogen (secondary N) is 2. The normalized spacial score (nSPS) is 20.1. The van der Waals surface area contributed by atoms with Crippen LogP contribution in [0.5, 0.6) is 0 Å². The lowest BCUT2D eigenvalue weighted by Crippen LogP contribution is -2.48. The molecular formula is C18H19FN2O4. The summed E-state index contributed by atoms with van der Waals surface area (Å²) in [5.41, 5.74) is 0.461. The van der Waals surface area contributed by atoms with E-state index in [4.69, 9.17) is 4.42 Å². The summed E-state index contributed by atoms with van der Waals surface area (Å²) < 4.78 is 19.2. The van der Waals surface area contributed by atoms with Gasteiger partial charge in [0, 0.05) is 5.56 Å². The van der Waals surface area contributed by atoms with Gasteiger partial charge in [0.2, 0.25) is 0 Å². The van der Waals surface area contributed by atoms with Gasteiger partial charge in [-0.3, -0.25) is 9.59 Å². The lowest BCUT2D eigenvalue weighted by Gasteiger charge is -2.27. The first-order valence-electron chi connectivity index (χ1n) is 8.18. The molecule has 2 aromatic rings. The maximum atomic E-state index is 13.9. The van der Waals surface area contributed by atoms with Crippen LogP contribution in [0.2, 0.25) is 0 Å². The van der Waals surface area contributed by atoms with Gasteiger partial charge in [0.15, 0.2) is 0 Å². The minimum atomic E-state index is -0.978. The summed E-state index contributed by atoms with van der Waals surface area (Å²) in [4.78, 5) is 24.1. The second-order valence-electron chi connectivity index (χ2n) is 6.06. The van der Waals surface area contributed by atoms with Crippen molar-refractivity contribution < 1.29 is 23.5 Å². The molecule has 0 radical (unpaired) electrons. The molecule has 1 saturated carbocycles. The number of halogens is 1. The maximum Gasteiger partial charge on any atom is 0.313 e. The summed E-state index contributed by atoms with van der Waals surface area (Å²) in [6.07, 6.45) is 3.80. The van der Waals surface area contributed by atoms with Crippen LogP contribution in [-0.4, -0.2) is 29.1 Å². The van der Waals surface area contributed by atoms with Crippen LogP contribution in [0, 0.1) is 5.82 Å². The van der Waals surface area contributed by atoms with Crippen molar-refractivity contribution in [1.82, 2.24) is 5.32 Å². The number of aliphatic hydroxyl groups excluding tert-OH is 1. The summed E-state index contributed by atoms with van der Waals surface area (Å²) in [6, 6.07) is 7.05. The van der Waals surface area contributed by atoms with Crippen LogP contribution < -0.4 is 10.6 Å². The molecular weight excluding hydrogens is 327 g/mol. The summed E-state index contributed by atoms with van der Waals surface area (Å²) in [7, 11) is 0. The van der Waals surface area contributed by atoms with E-state index in [0.29, 0.717) is 24.2 Å². The Balaban J connectivity index is 1.67. The van der Waals surface area contributed by atoms with E-state index >= 15 is 0 Å².